The summed E-state index contributed by atoms with van der Waals surface area (Å²) in [4.78, 5) is 14.5. The number of ether oxygens (including phenoxy) is 1. The lowest BCUT2D eigenvalue weighted by atomic mass is 9.93. The summed E-state index contributed by atoms with van der Waals surface area (Å²) in [5.41, 5.74) is 0.977. The molecule has 3 rings (SSSR count). The predicted octanol–water partition coefficient (Wildman–Crippen LogP) is 1.03. The largest absolute Gasteiger partial charge is 0.374 e. The minimum absolute atomic E-state index is 0.00829. The number of carbonyl (C=O) groups is 1. The van der Waals surface area contributed by atoms with Gasteiger partial charge in [0.25, 0.3) is 0 Å². The maximum atomic E-state index is 12.6. The van der Waals surface area contributed by atoms with E-state index in [1.807, 2.05) is 35.2 Å². The standard InChI is InChI=1S/C14H18N2O2/c17-14-12-6-7-15-10-13(12)18-9-8-16(14)11-4-2-1-3-5-11/h1-5,12-13,15H,6-10H2/t12-,13+/m1/s1. The van der Waals surface area contributed by atoms with Gasteiger partial charge in [-0.2, -0.15) is 0 Å². The number of carbonyl (C=O) groups excluding carboxylic acids is 1. The highest BCUT2D eigenvalue weighted by molar-refractivity contribution is 5.95. The van der Waals surface area contributed by atoms with Crippen molar-refractivity contribution in [3.8, 4) is 0 Å². The molecule has 0 bridgehead atoms. The lowest BCUT2D eigenvalue weighted by Gasteiger charge is -2.30. The van der Waals surface area contributed by atoms with Crippen LogP contribution in [0.5, 0.6) is 0 Å². The number of para-hydroxylation sites is 1. The average molecular weight is 246 g/mol. The number of nitrogens with one attached hydrogen (secondary N) is 1. The first-order valence-electron chi connectivity index (χ1n) is 6.55. The SMILES string of the molecule is O=C1[C@@H]2CCNC[C@@H]2OCCN1c1ccccc1. The molecule has 0 spiro atoms. The summed E-state index contributed by atoms with van der Waals surface area (Å²) in [6.07, 6.45) is 0.910. The van der Waals surface area contributed by atoms with E-state index in [9.17, 15) is 4.79 Å². The fourth-order valence-corrected chi connectivity index (χ4v) is 2.76. The second-order valence-corrected chi connectivity index (χ2v) is 4.83. The zero-order valence-electron chi connectivity index (χ0n) is 10.3. The van der Waals surface area contributed by atoms with Crippen molar-refractivity contribution in [3.63, 3.8) is 0 Å². The molecule has 1 amide bonds. The third kappa shape index (κ3) is 2.13. The molecule has 2 fully saturated rings. The maximum absolute atomic E-state index is 12.6. The Morgan fingerprint density at radius 1 is 1.28 bits per heavy atom. The lowest BCUT2D eigenvalue weighted by Crippen LogP contribution is -2.47. The molecule has 0 radical (unpaired) electrons. The van der Waals surface area contributed by atoms with Gasteiger partial charge in [-0.05, 0) is 25.1 Å². The molecular formula is C14H18N2O2. The van der Waals surface area contributed by atoms with Crippen LogP contribution in [0.15, 0.2) is 30.3 Å². The first-order chi connectivity index (χ1) is 8.86. The van der Waals surface area contributed by atoms with Crippen LogP contribution < -0.4 is 10.2 Å². The quantitative estimate of drug-likeness (QED) is 0.804. The molecule has 2 atom stereocenters. The second kappa shape index (κ2) is 5.08. The van der Waals surface area contributed by atoms with Crippen LogP contribution >= 0.6 is 0 Å². The van der Waals surface area contributed by atoms with Gasteiger partial charge >= 0.3 is 0 Å². The van der Waals surface area contributed by atoms with Crippen LogP contribution in [-0.4, -0.2) is 38.3 Å². The molecular weight excluding hydrogens is 228 g/mol. The summed E-state index contributed by atoms with van der Waals surface area (Å²) in [7, 11) is 0. The van der Waals surface area contributed by atoms with Crippen molar-refractivity contribution in [2.24, 2.45) is 5.92 Å². The van der Waals surface area contributed by atoms with Gasteiger partial charge in [0.2, 0.25) is 5.91 Å². The van der Waals surface area contributed by atoms with Gasteiger partial charge in [0.15, 0.2) is 0 Å². The number of nitrogens with zero attached hydrogens (tertiary/aromatic N) is 1. The third-order valence-corrected chi connectivity index (χ3v) is 3.72. The molecule has 18 heavy (non-hydrogen) atoms. The highest BCUT2D eigenvalue weighted by atomic mass is 16.5. The number of fused-ring (bicyclic) bond motifs is 1. The molecule has 0 saturated carbocycles. The van der Waals surface area contributed by atoms with Crippen LogP contribution in [0.2, 0.25) is 0 Å². The van der Waals surface area contributed by atoms with E-state index in [0.717, 1.165) is 25.2 Å². The van der Waals surface area contributed by atoms with Crippen molar-refractivity contribution < 1.29 is 9.53 Å². The Kier molecular flexibility index (Phi) is 3.30. The first-order valence-corrected chi connectivity index (χ1v) is 6.55. The number of anilines is 1. The fourth-order valence-electron chi connectivity index (χ4n) is 2.76. The van der Waals surface area contributed by atoms with Gasteiger partial charge in [0, 0.05) is 18.8 Å². The van der Waals surface area contributed by atoms with E-state index >= 15 is 0 Å². The molecule has 2 aliphatic rings. The van der Waals surface area contributed by atoms with E-state index in [-0.39, 0.29) is 17.9 Å². The number of benzene rings is 1. The molecule has 0 aromatic heterocycles. The fraction of sp³-hybridized carbons (Fsp3) is 0.500. The topological polar surface area (TPSA) is 41.6 Å². The van der Waals surface area contributed by atoms with Gasteiger partial charge in [-0.25, -0.2) is 0 Å². The van der Waals surface area contributed by atoms with Crippen molar-refractivity contribution in [2.45, 2.75) is 12.5 Å². The monoisotopic (exact) mass is 246 g/mol. The van der Waals surface area contributed by atoms with Gasteiger partial charge in [-0.1, -0.05) is 18.2 Å². The maximum Gasteiger partial charge on any atom is 0.232 e. The van der Waals surface area contributed by atoms with Gasteiger partial charge in [0.05, 0.1) is 18.6 Å². The third-order valence-electron chi connectivity index (χ3n) is 3.72. The molecule has 0 unspecified atom stereocenters. The molecule has 4 nitrogen and oxygen atoms in total. The summed E-state index contributed by atoms with van der Waals surface area (Å²) in [5, 5.41) is 3.29. The van der Waals surface area contributed by atoms with Crippen molar-refractivity contribution >= 4 is 11.6 Å². The van der Waals surface area contributed by atoms with Crippen LogP contribution in [0.1, 0.15) is 6.42 Å². The highest BCUT2D eigenvalue weighted by Gasteiger charge is 2.37. The van der Waals surface area contributed by atoms with Crippen molar-refractivity contribution in [1.82, 2.24) is 5.32 Å². The van der Waals surface area contributed by atoms with E-state index < -0.39 is 0 Å². The molecule has 0 aliphatic carbocycles. The minimum Gasteiger partial charge on any atom is -0.374 e. The second-order valence-electron chi connectivity index (χ2n) is 4.83. The summed E-state index contributed by atoms with van der Waals surface area (Å²) in [6.45, 7) is 2.96. The summed E-state index contributed by atoms with van der Waals surface area (Å²) < 4.78 is 5.80. The van der Waals surface area contributed by atoms with Gasteiger partial charge < -0.3 is 15.0 Å². The van der Waals surface area contributed by atoms with Crippen LogP contribution in [0.4, 0.5) is 5.69 Å². The van der Waals surface area contributed by atoms with Gasteiger partial charge in [0.1, 0.15) is 0 Å². The molecule has 2 saturated heterocycles. The van der Waals surface area contributed by atoms with Crippen molar-refractivity contribution in [2.75, 3.05) is 31.1 Å². The average Bonchev–Trinajstić information content (AvgIpc) is 2.60. The number of hydrogen-bond acceptors (Lipinski definition) is 3. The van der Waals surface area contributed by atoms with Crippen LogP contribution in [0.25, 0.3) is 0 Å². The molecule has 1 N–H and O–H groups in total. The van der Waals surface area contributed by atoms with Crippen LogP contribution in [0, 0.1) is 5.92 Å². The Morgan fingerprint density at radius 2 is 2.11 bits per heavy atom. The van der Waals surface area contributed by atoms with E-state index in [1.165, 1.54) is 0 Å². The van der Waals surface area contributed by atoms with E-state index in [2.05, 4.69) is 5.32 Å². The van der Waals surface area contributed by atoms with Crippen molar-refractivity contribution in [3.05, 3.63) is 30.3 Å². The Balaban J connectivity index is 1.85. The lowest BCUT2D eigenvalue weighted by molar-refractivity contribution is -0.126. The zero-order valence-corrected chi connectivity index (χ0v) is 10.3. The number of amides is 1. The van der Waals surface area contributed by atoms with Crippen molar-refractivity contribution in [1.29, 1.82) is 0 Å². The Labute approximate surface area is 107 Å². The molecule has 4 heteroatoms. The Morgan fingerprint density at radius 3 is 2.94 bits per heavy atom. The zero-order chi connectivity index (χ0) is 12.4. The first kappa shape index (κ1) is 11.7. The summed E-state index contributed by atoms with van der Waals surface area (Å²) in [5.74, 6) is 0.221. The summed E-state index contributed by atoms with van der Waals surface area (Å²) >= 11 is 0. The van der Waals surface area contributed by atoms with Crippen LogP contribution in [-0.2, 0) is 9.53 Å². The van der Waals surface area contributed by atoms with E-state index in [0.29, 0.717) is 13.2 Å². The molecule has 2 aliphatic heterocycles. The molecule has 1 aromatic carbocycles. The highest BCUT2D eigenvalue weighted by Crippen LogP contribution is 2.25. The molecule has 2 heterocycles. The van der Waals surface area contributed by atoms with Gasteiger partial charge in [-0.3, -0.25) is 4.79 Å². The molecule has 1 aromatic rings. The van der Waals surface area contributed by atoms with Crippen LogP contribution in [0.3, 0.4) is 0 Å². The van der Waals surface area contributed by atoms with E-state index in [1.54, 1.807) is 0 Å². The number of rotatable bonds is 1. The smallest absolute Gasteiger partial charge is 0.232 e. The normalized spacial score (nSPS) is 28.7. The Bertz CT molecular complexity index is 421. The summed E-state index contributed by atoms with van der Waals surface area (Å²) in [6, 6.07) is 9.87. The Hall–Kier alpha value is -1.39. The minimum atomic E-state index is 0.00829. The predicted molar refractivity (Wildman–Crippen MR) is 69.5 cm³/mol. The molecule has 96 valence electrons. The van der Waals surface area contributed by atoms with Gasteiger partial charge in [-0.15, -0.1) is 0 Å². The number of hydrogen-bond donors (Lipinski definition) is 1. The number of piperidine rings is 1. The van der Waals surface area contributed by atoms with E-state index in [4.69, 9.17) is 4.74 Å².